The number of aryl methyl sites for hydroxylation is 1. The van der Waals surface area contributed by atoms with Crippen molar-refractivity contribution >= 4 is 23.2 Å². The Kier molecular flexibility index (Phi) is 6.44. The van der Waals surface area contributed by atoms with Crippen molar-refractivity contribution in [2.75, 3.05) is 17.7 Å². The summed E-state index contributed by atoms with van der Waals surface area (Å²) in [5, 5.41) is 5.77. The lowest BCUT2D eigenvalue weighted by Gasteiger charge is -2.19. The van der Waals surface area contributed by atoms with E-state index in [2.05, 4.69) is 31.4 Å². The van der Waals surface area contributed by atoms with Crippen molar-refractivity contribution in [2.45, 2.75) is 33.1 Å². The summed E-state index contributed by atoms with van der Waals surface area (Å²) in [6, 6.07) is 20.0. The predicted molar refractivity (Wildman–Crippen MR) is 125 cm³/mol. The first-order chi connectivity index (χ1) is 14.7. The summed E-state index contributed by atoms with van der Waals surface area (Å²) in [4.78, 5) is 25.8. The van der Waals surface area contributed by atoms with Gasteiger partial charge >= 0.3 is 0 Å². The number of nitrogens with one attached hydrogen (secondary N) is 2. The Bertz CT molecular complexity index is 1080. The van der Waals surface area contributed by atoms with Gasteiger partial charge in [-0.25, -0.2) is 0 Å². The Balaban J connectivity index is 1.81. The molecule has 0 heterocycles. The molecule has 0 fully saturated rings. The van der Waals surface area contributed by atoms with Gasteiger partial charge < -0.3 is 15.4 Å². The third kappa shape index (κ3) is 5.31. The number of rotatable bonds is 5. The lowest BCUT2D eigenvalue weighted by molar-refractivity contribution is 0.102. The molecule has 160 valence electrons. The van der Waals surface area contributed by atoms with Crippen molar-refractivity contribution < 1.29 is 14.3 Å². The van der Waals surface area contributed by atoms with Crippen molar-refractivity contribution in [3.63, 3.8) is 0 Å². The van der Waals surface area contributed by atoms with Gasteiger partial charge in [0.15, 0.2) is 0 Å². The monoisotopic (exact) mass is 416 g/mol. The van der Waals surface area contributed by atoms with Crippen LogP contribution in [0.2, 0.25) is 0 Å². The van der Waals surface area contributed by atoms with E-state index >= 15 is 0 Å². The number of methoxy groups -OCH3 is 1. The molecular formula is C26H28N2O3. The number of hydrogen-bond donors (Lipinski definition) is 2. The molecule has 0 aromatic heterocycles. The zero-order chi connectivity index (χ0) is 22.6. The molecule has 0 atom stereocenters. The molecule has 3 aromatic rings. The second-order valence-corrected chi connectivity index (χ2v) is 8.46. The number of carbonyl (C=O) groups excluding carboxylic acids is 2. The van der Waals surface area contributed by atoms with Crippen LogP contribution in [0.15, 0.2) is 66.7 Å². The number of benzene rings is 3. The number of ether oxygens (including phenoxy) is 1. The summed E-state index contributed by atoms with van der Waals surface area (Å²) in [5.74, 6) is 0.158. The van der Waals surface area contributed by atoms with Crippen molar-refractivity contribution in [3.8, 4) is 5.75 Å². The van der Waals surface area contributed by atoms with Crippen molar-refractivity contribution in [1.82, 2.24) is 0 Å². The average Bonchev–Trinajstić information content (AvgIpc) is 2.73. The second-order valence-electron chi connectivity index (χ2n) is 8.46. The van der Waals surface area contributed by atoms with Gasteiger partial charge in [-0.1, -0.05) is 45.0 Å². The number of amides is 2. The van der Waals surface area contributed by atoms with Crippen LogP contribution in [0, 0.1) is 6.92 Å². The van der Waals surface area contributed by atoms with Crippen LogP contribution in [0.1, 0.15) is 52.6 Å². The molecule has 2 N–H and O–H groups in total. The highest BCUT2D eigenvalue weighted by Gasteiger charge is 2.18. The van der Waals surface area contributed by atoms with E-state index in [1.54, 1.807) is 37.4 Å². The third-order valence-electron chi connectivity index (χ3n) is 5.11. The third-order valence-corrected chi connectivity index (χ3v) is 5.11. The highest BCUT2D eigenvalue weighted by atomic mass is 16.5. The minimum absolute atomic E-state index is 0.0122. The summed E-state index contributed by atoms with van der Waals surface area (Å²) in [7, 11) is 1.59. The van der Waals surface area contributed by atoms with Crippen molar-refractivity contribution in [2.24, 2.45) is 0 Å². The Hall–Kier alpha value is -3.60. The van der Waals surface area contributed by atoms with E-state index < -0.39 is 0 Å². The largest absolute Gasteiger partial charge is 0.497 e. The zero-order valence-corrected chi connectivity index (χ0v) is 18.6. The smallest absolute Gasteiger partial charge is 0.258 e. The molecular weight excluding hydrogens is 388 g/mol. The molecule has 0 bridgehead atoms. The van der Waals surface area contributed by atoms with Crippen LogP contribution in [0.4, 0.5) is 11.4 Å². The maximum Gasteiger partial charge on any atom is 0.258 e. The molecule has 0 aliphatic rings. The molecule has 0 aliphatic carbocycles. The molecule has 0 saturated carbocycles. The molecule has 3 rings (SSSR count). The number of hydrogen-bond acceptors (Lipinski definition) is 3. The zero-order valence-electron chi connectivity index (χ0n) is 18.6. The lowest BCUT2D eigenvalue weighted by Crippen LogP contribution is -2.19. The fourth-order valence-corrected chi connectivity index (χ4v) is 3.26. The number of anilines is 2. The van der Waals surface area contributed by atoms with Gasteiger partial charge in [-0.05, 0) is 65.9 Å². The van der Waals surface area contributed by atoms with Gasteiger partial charge in [0.05, 0.1) is 18.4 Å². The molecule has 0 saturated heterocycles. The minimum atomic E-state index is -0.290. The van der Waals surface area contributed by atoms with Gasteiger partial charge in [0.2, 0.25) is 0 Å². The van der Waals surface area contributed by atoms with Crippen LogP contribution in [0.3, 0.4) is 0 Å². The van der Waals surface area contributed by atoms with E-state index in [1.165, 1.54) is 0 Å². The molecule has 5 nitrogen and oxygen atoms in total. The van der Waals surface area contributed by atoms with E-state index in [0.717, 1.165) is 11.1 Å². The lowest BCUT2D eigenvalue weighted by atomic mass is 9.86. The summed E-state index contributed by atoms with van der Waals surface area (Å²) in [6.07, 6.45) is 0. The Morgan fingerprint density at radius 3 is 2.03 bits per heavy atom. The molecule has 0 spiro atoms. The SMILES string of the molecule is COc1ccc(NC(=O)c2c(C)cccc2NC(=O)c2ccc(C(C)(C)C)cc2)cc1. The van der Waals surface area contributed by atoms with E-state index in [4.69, 9.17) is 4.74 Å². The maximum atomic E-state index is 13.0. The van der Waals surface area contributed by atoms with Crippen LogP contribution in [0.25, 0.3) is 0 Å². The first-order valence-electron chi connectivity index (χ1n) is 10.2. The quantitative estimate of drug-likeness (QED) is 0.552. The molecule has 5 heteroatoms. The van der Waals surface area contributed by atoms with E-state index in [-0.39, 0.29) is 17.2 Å². The van der Waals surface area contributed by atoms with Gasteiger partial charge in [0.25, 0.3) is 11.8 Å². The Labute approximate surface area is 183 Å². The normalized spacial score (nSPS) is 11.0. The fraction of sp³-hybridized carbons (Fsp3) is 0.231. The maximum absolute atomic E-state index is 13.0. The summed E-state index contributed by atoms with van der Waals surface area (Å²) >= 11 is 0. The topological polar surface area (TPSA) is 67.4 Å². The summed E-state index contributed by atoms with van der Waals surface area (Å²) < 4.78 is 5.15. The van der Waals surface area contributed by atoms with E-state index in [9.17, 15) is 9.59 Å². The predicted octanol–water partition coefficient (Wildman–Crippen LogP) is 5.81. The first-order valence-corrected chi connectivity index (χ1v) is 10.2. The molecule has 2 amide bonds. The van der Waals surface area contributed by atoms with Gasteiger partial charge in [-0.15, -0.1) is 0 Å². The highest BCUT2D eigenvalue weighted by molar-refractivity contribution is 6.13. The van der Waals surface area contributed by atoms with Crippen LogP contribution >= 0.6 is 0 Å². The molecule has 3 aromatic carbocycles. The summed E-state index contributed by atoms with van der Waals surface area (Å²) in [5.41, 5.74) is 4.01. The Morgan fingerprint density at radius 1 is 0.806 bits per heavy atom. The van der Waals surface area contributed by atoms with Crippen LogP contribution in [-0.2, 0) is 5.41 Å². The summed E-state index contributed by atoms with van der Waals surface area (Å²) in [6.45, 7) is 8.23. The molecule has 0 unspecified atom stereocenters. The van der Waals surface area contributed by atoms with Gasteiger partial charge in [-0.3, -0.25) is 9.59 Å². The van der Waals surface area contributed by atoms with Gasteiger partial charge in [0.1, 0.15) is 5.75 Å². The van der Waals surface area contributed by atoms with E-state index in [1.807, 2.05) is 43.3 Å². The number of carbonyl (C=O) groups is 2. The second kappa shape index (κ2) is 9.04. The highest BCUT2D eigenvalue weighted by Crippen LogP contribution is 2.25. The molecule has 31 heavy (non-hydrogen) atoms. The van der Waals surface area contributed by atoms with Crippen molar-refractivity contribution in [3.05, 3.63) is 89.0 Å². The van der Waals surface area contributed by atoms with Crippen LogP contribution in [-0.4, -0.2) is 18.9 Å². The van der Waals surface area contributed by atoms with E-state index in [0.29, 0.717) is 28.3 Å². The average molecular weight is 417 g/mol. The minimum Gasteiger partial charge on any atom is -0.497 e. The standard InChI is InChI=1S/C26H28N2O3/c1-17-7-6-8-22(23(17)25(30)27-20-13-15-21(31-5)16-14-20)28-24(29)18-9-11-19(12-10-18)26(2,3)4/h6-16H,1-5H3,(H,27,30)(H,28,29). The van der Waals surface area contributed by atoms with Gasteiger partial charge in [0, 0.05) is 11.3 Å². The van der Waals surface area contributed by atoms with Gasteiger partial charge in [-0.2, -0.15) is 0 Å². The Morgan fingerprint density at radius 2 is 1.45 bits per heavy atom. The molecule has 0 aliphatic heterocycles. The van der Waals surface area contributed by atoms with Crippen molar-refractivity contribution in [1.29, 1.82) is 0 Å². The van der Waals surface area contributed by atoms with Crippen LogP contribution < -0.4 is 15.4 Å². The first kappa shape index (κ1) is 22.1. The van der Waals surface area contributed by atoms with Crippen LogP contribution in [0.5, 0.6) is 5.75 Å². The fourth-order valence-electron chi connectivity index (χ4n) is 3.26. The molecule has 0 radical (unpaired) electrons.